The van der Waals surface area contributed by atoms with E-state index >= 15 is 0 Å². The Morgan fingerprint density at radius 1 is 0.482 bits per heavy atom. The minimum absolute atomic E-state index is 0.0557. The Hall–Kier alpha value is -6.34. The number of rotatable bonds is 7. The van der Waals surface area contributed by atoms with Gasteiger partial charge >= 0.3 is 0 Å². The van der Waals surface area contributed by atoms with Gasteiger partial charge < -0.3 is 10.6 Å². The van der Waals surface area contributed by atoms with Gasteiger partial charge in [0, 0.05) is 36.4 Å². The highest BCUT2D eigenvalue weighted by molar-refractivity contribution is 8.05. The molecule has 0 fully saturated rings. The van der Waals surface area contributed by atoms with Crippen LogP contribution in [0, 0.1) is 0 Å². The van der Waals surface area contributed by atoms with Crippen molar-refractivity contribution in [1.82, 2.24) is 10.6 Å². The van der Waals surface area contributed by atoms with Gasteiger partial charge in [0.05, 0.1) is 17.5 Å². The molecule has 6 heteroatoms. The Kier molecular flexibility index (Phi) is 9.19. The molecule has 3 aliphatic heterocycles. The molecule has 3 heterocycles. The van der Waals surface area contributed by atoms with Gasteiger partial charge in [-0.15, -0.1) is 0 Å². The molecule has 56 heavy (non-hydrogen) atoms. The largest absolute Gasteiger partial charge is 0.359 e. The second kappa shape index (κ2) is 15.1. The topological polar surface area (TPSA) is 48.8 Å². The second-order valence-corrected chi connectivity index (χ2v) is 16.0. The maximum absolute atomic E-state index is 5.49. The summed E-state index contributed by atoms with van der Waals surface area (Å²) in [6, 6.07) is 64.2. The molecule has 0 spiro atoms. The molecule has 4 nitrogen and oxygen atoms in total. The molecular weight excluding hydrogens is 721 g/mol. The normalized spacial score (nSPS) is 17.1. The van der Waals surface area contributed by atoms with E-state index in [-0.39, 0.29) is 12.2 Å². The molecule has 0 aromatic heterocycles. The van der Waals surface area contributed by atoms with Crippen molar-refractivity contribution in [3.05, 3.63) is 228 Å². The van der Waals surface area contributed by atoms with Gasteiger partial charge in [-0.25, -0.2) is 4.99 Å². The number of nitrogens with one attached hydrogen (secondary N) is 2. The Bertz CT molecular complexity index is 2690. The van der Waals surface area contributed by atoms with Crippen LogP contribution in [0.25, 0.3) is 22.5 Å². The lowest BCUT2D eigenvalue weighted by atomic mass is 9.93. The molecule has 10 rings (SSSR count). The van der Waals surface area contributed by atoms with Gasteiger partial charge in [0.15, 0.2) is 0 Å². The molecule has 3 aliphatic rings. The molecule has 0 radical (unpaired) electrons. The predicted octanol–water partition coefficient (Wildman–Crippen LogP) is 12.2. The molecule has 268 valence electrons. The summed E-state index contributed by atoms with van der Waals surface area (Å²) in [5, 5.41) is 7.68. The van der Waals surface area contributed by atoms with Crippen molar-refractivity contribution >= 4 is 46.5 Å². The SMILES string of the molecule is C1=C(c2ccccc2)N=C(c2ccc(-c3cccc4c3Sc3ccccc3S4)c(C3N=C(c4ccccc4)C=C(c4ccccc4)N3)c2)NC1c1ccccc1. The van der Waals surface area contributed by atoms with Crippen molar-refractivity contribution < 1.29 is 0 Å². The van der Waals surface area contributed by atoms with Crippen molar-refractivity contribution in [2.75, 3.05) is 0 Å². The lowest BCUT2D eigenvalue weighted by Crippen LogP contribution is -2.31. The number of hydrogen-bond acceptors (Lipinski definition) is 6. The van der Waals surface area contributed by atoms with Gasteiger partial charge in [0.25, 0.3) is 0 Å². The molecule has 0 saturated heterocycles. The van der Waals surface area contributed by atoms with Crippen molar-refractivity contribution in [2.24, 2.45) is 9.98 Å². The second-order valence-electron chi connectivity index (χ2n) is 13.8. The van der Waals surface area contributed by atoms with Gasteiger partial charge in [-0.2, -0.15) is 0 Å². The van der Waals surface area contributed by atoms with Crippen LogP contribution in [0.15, 0.2) is 224 Å². The molecule has 2 N–H and O–H groups in total. The van der Waals surface area contributed by atoms with E-state index in [0.29, 0.717) is 0 Å². The lowest BCUT2D eigenvalue weighted by molar-refractivity contribution is 0.665. The zero-order chi connectivity index (χ0) is 37.3. The maximum atomic E-state index is 5.49. The Balaban J connectivity index is 1.15. The van der Waals surface area contributed by atoms with E-state index in [1.807, 2.05) is 29.6 Å². The number of fused-ring (bicyclic) bond motifs is 2. The molecule has 7 aromatic rings. The van der Waals surface area contributed by atoms with Gasteiger partial charge in [0.2, 0.25) is 0 Å². The summed E-state index contributed by atoms with van der Waals surface area (Å²) in [6.45, 7) is 0. The summed E-state index contributed by atoms with van der Waals surface area (Å²) in [5.74, 6) is 0.823. The van der Waals surface area contributed by atoms with E-state index in [4.69, 9.17) is 9.98 Å². The van der Waals surface area contributed by atoms with Crippen LogP contribution in [0.4, 0.5) is 0 Å². The van der Waals surface area contributed by atoms with Crippen LogP contribution in [0.3, 0.4) is 0 Å². The summed E-state index contributed by atoms with van der Waals surface area (Å²) in [5.41, 5.74) is 11.8. The third-order valence-corrected chi connectivity index (χ3v) is 12.9. The van der Waals surface area contributed by atoms with E-state index in [9.17, 15) is 0 Å². The van der Waals surface area contributed by atoms with Crippen molar-refractivity contribution in [3.63, 3.8) is 0 Å². The number of aliphatic imine (C=N–C) groups is 2. The Labute approximate surface area is 335 Å². The summed E-state index contributed by atoms with van der Waals surface area (Å²) in [6.07, 6.45) is 4.01. The number of hydrogen-bond donors (Lipinski definition) is 2. The highest BCUT2D eigenvalue weighted by Gasteiger charge is 2.28. The van der Waals surface area contributed by atoms with Gasteiger partial charge in [-0.05, 0) is 69.8 Å². The molecule has 0 aliphatic carbocycles. The zero-order valence-electron chi connectivity index (χ0n) is 30.3. The fourth-order valence-corrected chi connectivity index (χ4v) is 9.86. The number of benzene rings is 7. The predicted molar refractivity (Wildman–Crippen MR) is 233 cm³/mol. The molecule has 2 atom stereocenters. The first-order valence-electron chi connectivity index (χ1n) is 18.8. The van der Waals surface area contributed by atoms with Crippen LogP contribution in [0.2, 0.25) is 0 Å². The fraction of sp³-hybridized carbons (Fsp3) is 0.0400. The van der Waals surface area contributed by atoms with E-state index < -0.39 is 0 Å². The molecule has 0 amide bonds. The standard InChI is InChI=1S/C50H36N4S2/c1-5-16-33(17-6-1)41-31-42(34-18-7-2-8-19-34)52-49(51-41)37-28-29-38(39-24-15-27-47-48(39)56-46-26-14-13-25-45(46)55-47)40(30-37)50-53-43(35-20-9-3-10-21-35)32-44(54-50)36-22-11-4-12-23-36/h1-32,41,50,53H,(H,51,52). The van der Waals surface area contributed by atoms with E-state index in [0.717, 1.165) is 56.3 Å². The van der Waals surface area contributed by atoms with E-state index in [1.54, 1.807) is 0 Å². The first kappa shape index (κ1) is 34.2. The Morgan fingerprint density at radius 3 is 1.84 bits per heavy atom. The van der Waals surface area contributed by atoms with Crippen LogP contribution < -0.4 is 10.6 Å². The molecule has 0 bridgehead atoms. The number of nitrogens with zero attached hydrogens (tertiary/aromatic N) is 2. The Morgan fingerprint density at radius 2 is 1.11 bits per heavy atom. The minimum Gasteiger partial charge on any atom is -0.359 e. The van der Waals surface area contributed by atoms with Gasteiger partial charge in [0.1, 0.15) is 12.0 Å². The molecule has 0 saturated carbocycles. The number of amidine groups is 1. The third-order valence-electron chi connectivity index (χ3n) is 10.2. The van der Waals surface area contributed by atoms with Crippen molar-refractivity contribution in [3.8, 4) is 11.1 Å². The van der Waals surface area contributed by atoms with Gasteiger partial charge in [-0.1, -0.05) is 181 Å². The first-order valence-corrected chi connectivity index (χ1v) is 20.4. The van der Waals surface area contributed by atoms with Gasteiger partial charge in [-0.3, -0.25) is 4.99 Å². The average molecular weight is 757 g/mol. The molecular formula is C50H36N4S2. The average Bonchev–Trinajstić information content (AvgIpc) is 3.29. The van der Waals surface area contributed by atoms with Crippen LogP contribution in [0.1, 0.15) is 45.6 Å². The lowest BCUT2D eigenvalue weighted by Gasteiger charge is -2.29. The van der Waals surface area contributed by atoms with Crippen LogP contribution in [0.5, 0.6) is 0 Å². The monoisotopic (exact) mass is 756 g/mol. The number of allylic oxidation sites excluding steroid dienone is 1. The smallest absolute Gasteiger partial charge is 0.146 e. The van der Waals surface area contributed by atoms with E-state index in [1.165, 1.54) is 30.7 Å². The quantitative estimate of drug-likeness (QED) is 0.170. The highest BCUT2D eigenvalue weighted by Crippen LogP contribution is 2.52. The van der Waals surface area contributed by atoms with Crippen molar-refractivity contribution in [1.29, 1.82) is 0 Å². The zero-order valence-corrected chi connectivity index (χ0v) is 32.0. The summed E-state index contributed by atoms with van der Waals surface area (Å²) >= 11 is 3.69. The highest BCUT2D eigenvalue weighted by atomic mass is 32.2. The summed E-state index contributed by atoms with van der Waals surface area (Å²) in [7, 11) is 0. The van der Waals surface area contributed by atoms with Crippen LogP contribution in [-0.2, 0) is 0 Å². The molecule has 2 unspecified atom stereocenters. The van der Waals surface area contributed by atoms with Crippen LogP contribution >= 0.6 is 23.5 Å². The van der Waals surface area contributed by atoms with Crippen LogP contribution in [-0.4, -0.2) is 11.5 Å². The van der Waals surface area contributed by atoms with E-state index in [2.05, 4.69) is 199 Å². The molecule has 7 aromatic carbocycles. The first-order chi connectivity index (χ1) is 27.7. The third kappa shape index (κ3) is 6.79. The summed E-state index contributed by atoms with van der Waals surface area (Å²) < 4.78 is 0. The summed E-state index contributed by atoms with van der Waals surface area (Å²) in [4.78, 5) is 15.9. The fourth-order valence-electron chi connectivity index (χ4n) is 7.47. The maximum Gasteiger partial charge on any atom is 0.146 e. The minimum atomic E-state index is -0.386. The van der Waals surface area contributed by atoms with Crippen molar-refractivity contribution in [2.45, 2.75) is 31.8 Å².